The topological polar surface area (TPSA) is 132 Å². The lowest BCUT2D eigenvalue weighted by molar-refractivity contribution is -0.116. The first-order valence-corrected chi connectivity index (χ1v) is 11.5. The minimum atomic E-state index is -0.701. The van der Waals surface area contributed by atoms with Crippen molar-refractivity contribution in [3.8, 4) is 6.07 Å². The molecule has 0 saturated heterocycles. The SMILES string of the molecule is CC1(C)CCC(=O)Nc2cc(Nc3ncc(Cl)c(Nc4c(F)cccc4C(=O)NCC#N)n3)ccc21. The third kappa shape index (κ3) is 5.37. The molecule has 11 heteroatoms. The monoisotopic (exact) mass is 507 g/mol. The summed E-state index contributed by atoms with van der Waals surface area (Å²) in [4.78, 5) is 33.1. The van der Waals surface area contributed by atoms with Crippen LogP contribution in [0.5, 0.6) is 0 Å². The van der Waals surface area contributed by atoms with Crippen LogP contribution in [0.3, 0.4) is 0 Å². The Kier molecular flexibility index (Phi) is 7.03. The van der Waals surface area contributed by atoms with Gasteiger partial charge in [-0.2, -0.15) is 10.2 Å². The third-order valence-electron chi connectivity index (χ3n) is 5.83. The number of benzene rings is 2. The van der Waals surface area contributed by atoms with Crippen molar-refractivity contribution in [1.29, 1.82) is 5.26 Å². The summed E-state index contributed by atoms with van der Waals surface area (Å²) in [7, 11) is 0. The van der Waals surface area contributed by atoms with Gasteiger partial charge in [-0.3, -0.25) is 9.59 Å². The molecular weight excluding hydrogens is 485 g/mol. The minimum Gasteiger partial charge on any atom is -0.339 e. The zero-order chi connectivity index (χ0) is 25.9. The number of fused-ring (bicyclic) bond motifs is 1. The van der Waals surface area contributed by atoms with Crippen LogP contribution in [-0.4, -0.2) is 28.3 Å². The van der Waals surface area contributed by atoms with Crippen molar-refractivity contribution >= 4 is 52.2 Å². The zero-order valence-corrected chi connectivity index (χ0v) is 20.3. The second-order valence-corrected chi connectivity index (χ2v) is 9.24. The van der Waals surface area contributed by atoms with E-state index in [0.717, 1.165) is 12.0 Å². The number of para-hydroxylation sites is 1. The van der Waals surface area contributed by atoms with Gasteiger partial charge in [0.15, 0.2) is 5.82 Å². The number of amides is 2. The Labute approximate surface area is 212 Å². The van der Waals surface area contributed by atoms with E-state index in [1.54, 1.807) is 12.1 Å². The van der Waals surface area contributed by atoms with Gasteiger partial charge in [-0.15, -0.1) is 0 Å². The lowest BCUT2D eigenvalue weighted by Gasteiger charge is -2.24. The molecule has 0 spiro atoms. The van der Waals surface area contributed by atoms with Crippen LogP contribution in [0, 0.1) is 17.1 Å². The summed E-state index contributed by atoms with van der Waals surface area (Å²) in [5.74, 6) is -1.15. The molecule has 1 aromatic heterocycles. The van der Waals surface area contributed by atoms with Gasteiger partial charge in [0.25, 0.3) is 5.91 Å². The van der Waals surface area contributed by atoms with Crippen LogP contribution in [0.25, 0.3) is 0 Å². The van der Waals surface area contributed by atoms with Gasteiger partial charge in [0.05, 0.1) is 23.5 Å². The minimum absolute atomic E-state index is 0.0152. The van der Waals surface area contributed by atoms with E-state index in [-0.39, 0.29) is 45.9 Å². The predicted molar refractivity (Wildman–Crippen MR) is 135 cm³/mol. The van der Waals surface area contributed by atoms with Gasteiger partial charge in [0, 0.05) is 17.8 Å². The van der Waals surface area contributed by atoms with Crippen LogP contribution in [-0.2, 0) is 10.2 Å². The van der Waals surface area contributed by atoms with E-state index in [1.165, 1.54) is 24.4 Å². The third-order valence-corrected chi connectivity index (χ3v) is 6.11. The second kappa shape index (κ2) is 10.2. The number of halogens is 2. The Hall–Kier alpha value is -4.23. The molecule has 0 bridgehead atoms. The maximum atomic E-state index is 14.6. The summed E-state index contributed by atoms with van der Waals surface area (Å²) in [5.41, 5.74) is 2.03. The Morgan fingerprint density at radius 3 is 2.86 bits per heavy atom. The predicted octanol–water partition coefficient (Wildman–Crippen LogP) is 5.02. The number of anilines is 5. The fourth-order valence-corrected chi connectivity index (χ4v) is 4.05. The summed E-state index contributed by atoms with van der Waals surface area (Å²) in [6, 6.07) is 11.4. The Morgan fingerprint density at radius 1 is 1.28 bits per heavy atom. The second-order valence-electron chi connectivity index (χ2n) is 8.84. The number of rotatable bonds is 6. The summed E-state index contributed by atoms with van der Waals surface area (Å²) >= 11 is 6.25. The lowest BCUT2D eigenvalue weighted by atomic mass is 9.80. The van der Waals surface area contributed by atoms with E-state index in [4.69, 9.17) is 16.9 Å². The number of hydrogen-bond acceptors (Lipinski definition) is 7. The van der Waals surface area contributed by atoms with Crippen molar-refractivity contribution in [3.05, 3.63) is 64.6 Å². The number of hydrogen-bond donors (Lipinski definition) is 4. The highest BCUT2D eigenvalue weighted by molar-refractivity contribution is 6.33. The van der Waals surface area contributed by atoms with Gasteiger partial charge in [-0.05, 0) is 41.7 Å². The average Bonchev–Trinajstić information content (AvgIpc) is 2.95. The molecule has 2 aromatic carbocycles. The summed E-state index contributed by atoms with van der Waals surface area (Å²) < 4.78 is 14.6. The molecule has 0 radical (unpaired) electrons. The van der Waals surface area contributed by atoms with E-state index in [9.17, 15) is 14.0 Å². The van der Waals surface area contributed by atoms with Crippen LogP contribution < -0.4 is 21.3 Å². The van der Waals surface area contributed by atoms with Crippen LogP contribution in [0.15, 0.2) is 42.6 Å². The van der Waals surface area contributed by atoms with Crippen molar-refractivity contribution in [3.63, 3.8) is 0 Å². The van der Waals surface area contributed by atoms with Crippen molar-refractivity contribution in [2.75, 3.05) is 22.5 Å². The molecule has 3 aromatic rings. The molecule has 1 aliphatic rings. The van der Waals surface area contributed by atoms with Gasteiger partial charge in [0.1, 0.15) is 17.4 Å². The summed E-state index contributed by atoms with van der Waals surface area (Å²) in [5, 5.41) is 20.0. The maximum absolute atomic E-state index is 14.6. The molecule has 4 rings (SSSR count). The molecule has 0 saturated carbocycles. The molecule has 9 nitrogen and oxygen atoms in total. The lowest BCUT2D eigenvalue weighted by Crippen LogP contribution is -2.24. The van der Waals surface area contributed by atoms with Crippen LogP contribution in [0.4, 0.5) is 33.2 Å². The van der Waals surface area contributed by atoms with Crippen molar-refractivity contribution in [2.24, 2.45) is 0 Å². The number of aromatic nitrogens is 2. The number of carbonyl (C=O) groups excluding carboxylic acids is 2. The maximum Gasteiger partial charge on any atom is 0.254 e. The molecule has 0 atom stereocenters. The summed E-state index contributed by atoms with van der Waals surface area (Å²) in [6.07, 6.45) is 2.51. The molecule has 184 valence electrons. The molecule has 0 fully saturated rings. The van der Waals surface area contributed by atoms with Gasteiger partial charge in [-0.1, -0.05) is 37.6 Å². The van der Waals surface area contributed by atoms with Gasteiger partial charge < -0.3 is 21.3 Å². The highest BCUT2D eigenvalue weighted by atomic mass is 35.5. The first-order valence-electron chi connectivity index (χ1n) is 11.1. The fourth-order valence-electron chi connectivity index (χ4n) is 3.91. The highest BCUT2D eigenvalue weighted by Crippen LogP contribution is 2.38. The first kappa shape index (κ1) is 24.9. The Balaban J connectivity index is 1.62. The molecule has 36 heavy (non-hydrogen) atoms. The highest BCUT2D eigenvalue weighted by Gasteiger charge is 2.28. The zero-order valence-electron chi connectivity index (χ0n) is 19.6. The van der Waals surface area contributed by atoms with E-state index >= 15 is 0 Å². The van der Waals surface area contributed by atoms with Gasteiger partial charge in [0.2, 0.25) is 11.9 Å². The van der Waals surface area contributed by atoms with Crippen molar-refractivity contribution in [2.45, 2.75) is 32.1 Å². The molecule has 0 aliphatic carbocycles. The first-order chi connectivity index (χ1) is 17.2. The van der Waals surface area contributed by atoms with E-state index in [1.807, 2.05) is 12.1 Å². The van der Waals surface area contributed by atoms with Crippen molar-refractivity contribution in [1.82, 2.24) is 15.3 Å². The van der Waals surface area contributed by atoms with Crippen LogP contribution >= 0.6 is 11.6 Å². The Morgan fingerprint density at radius 2 is 2.08 bits per heavy atom. The Bertz CT molecular complexity index is 1390. The number of carbonyl (C=O) groups is 2. The number of nitriles is 1. The van der Waals surface area contributed by atoms with E-state index in [0.29, 0.717) is 17.8 Å². The number of nitrogens with zero attached hydrogens (tertiary/aromatic N) is 3. The standard InChI is InChI=1S/C25H23ClFN7O2/c1-25(2)9-8-20(35)32-19-12-14(6-7-16(19)25)31-24-30-13-17(26)22(34-24)33-21-15(4-3-5-18(21)27)23(36)29-11-10-28/h3-7,12-13H,8-9,11H2,1-2H3,(H,29,36)(H,32,35)(H2,30,31,33,34). The molecule has 2 amide bonds. The molecule has 4 N–H and O–H groups in total. The fraction of sp³-hybridized carbons (Fsp3) is 0.240. The molecule has 1 aliphatic heterocycles. The quantitative estimate of drug-likeness (QED) is 0.344. The van der Waals surface area contributed by atoms with E-state index in [2.05, 4.69) is 45.1 Å². The van der Waals surface area contributed by atoms with Crippen molar-refractivity contribution < 1.29 is 14.0 Å². The van der Waals surface area contributed by atoms with Crippen LogP contribution in [0.1, 0.15) is 42.6 Å². The van der Waals surface area contributed by atoms with Crippen LogP contribution in [0.2, 0.25) is 5.02 Å². The molecule has 0 unspecified atom stereocenters. The van der Waals surface area contributed by atoms with Gasteiger partial charge >= 0.3 is 0 Å². The molecule has 2 heterocycles. The number of nitrogens with one attached hydrogen (secondary N) is 4. The largest absolute Gasteiger partial charge is 0.339 e. The molecular formula is C25H23ClFN7O2. The smallest absolute Gasteiger partial charge is 0.254 e. The van der Waals surface area contributed by atoms with E-state index < -0.39 is 11.7 Å². The normalized spacial score (nSPS) is 14.0. The average molecular weight is 508 g/mol. The summed E-state index contributed by atoms with van der Waals surface area (Å²) in [6.45, 7) is 3.96. The van der Waals surface area contributed by atoms with Gasteiger partial charge in [-0.25, -0.2) is 9.37 Å².